The Labute approximate surface area is 201 Å². The average Bonchev–Trinajstić information content (AvgIpc) is 2.88. The zero-order valence-corrected chi connectivity index (χ0v) is 19.9. The van der Waals surface area contributed by atoms with Crippen LogP contribution in [0.25, 0.3) is 11.1 Å². The molecule has 0 saturated heterocycles. The number of nitrogens with zero attached hydrogens (tertiary/aromatic N) is 2. The van der Waals surface area contributed by atoms with Crippen LogP contribution < -0.4 is 9.80 Å². The topological polar surface area (TPSA) is 40.6 Å². The zero-order valence-electron chi connectivity index (χ0n) is 19.9. The van der Waals surface area contributed by atoms with E-state index in [0.29, 0.717) is 22.3 Å². The fraction of sp³-hybridized carbons (Fsp3) is 0.133. The molecule has 0 fully saturated rings. The molecule has 4 aromatic carbocycles. The first-order chi connectivity index (χ1) is 16.3. The van der Waals surface area contributed by atoms with Crippen LogP contribution in [0.1, 0.15) is 31.8 Å². The second-order valence-corrected chi connectivity index (χ2v) is 8.70. The summed E-state index contributed by atoms with van der Waals surface area (Å²) in [6.45, 7) is 0. The lowest BCUT2D eigenvalue weighted by molar-refractivity contribution is 0.103. The van der Waals surface area contributed by atoms with Crippen LogP contribution in [0, 0.1) is 0 Å². The van der Waals surface area contributed by atoms with Gasteiger partial charge in [-0.1, -0.05) is 36.4 Å². The predicted molar refractivity (Wildman–Crippen MR) is 140 cm³/mol. The Kier molecular flexibility index (Phi) is 6.60. The number of carbonyl (C=O) groups is 2. The van der Waals surface area contributed by atoms with Gasteiger partial charge >= 0.3 is 0 Å². The largest absolute Gasteiger partial charge is 0.378 e. The monoisotopic (exact) mass is 448 g/mol. The van der Waals surface area contributed by atoms with Crippen molar-refractivity contribution in [2.24, 2.45) is 0 Å². The van der Waals surface area contributed by atoms with Crippen molar-refractivity contribution in [3.05, 3.63) is 119 Å². The lowest BCUT2D eigenvalue weighted by Crippen LogP contribution is -2.09. The Morgan fingerprint density at radius 3 is 1.15 bits per heavy atom. The predicted octanol–water partition coefficient (Wildman–Crippen LogP) is 5.95. The molecule has 0 aliphatic rings. The highest BCUT2D eigenvalue weighted by Gasteiger charge is 2.13. The molecule has 0 amide bonds. The van der Waals surface area contributed by atoms with Gasteiger partial charge in [-0.15, -0.1) is 0 Å². The minimum Gasteiger partial charge on any atom is -0.378 e. The first-order valence-electron chi connectivity index (χ1n) is 11.2. The Hall–Kier alpha value is -4.18. The Morgan fingerprint density at radius 2 is 0.824 bits per heavy atom. The van der Waals surface area contributed by atoms with Gasteiger partial charge in [0.25, 0.3) is 0 Å². The van der Waals surface area contributed by atoms with Crippen molar-refractivity contribution in [3.8, 4) is 11.1 Å². The number of hydrogen-bond donors (Lipinski definition) is 0. The Morgan fingerprint density at radius 1 is 0.471 bits per heavy atom. The van der Waals surface area contributed by atoms with E-state index in [1.165, 1.54) is 0 Å². The van der Waals surface area contributed by atoms with Gasteiger partial charge in [-0.25, -0.2) is 0 Å². The van der Waals surface area contributed by atoms with E-state index in [-0.39, 0.29) is 11.6 Å². The van der Waals surface area contributed by atoms with E-state index in [1.807, 2.05) is 135 Å². The Bertz CT molecular complexity index is 1220. The standard InChI is InChI=1S/C30H28N2O2/c1-31(2)27-15-11-21(12-16-27)29(33)25-9-5-7-23(19-25)24-8-6-10-26(20-24)30(34)22-13-17-28(18-14-22)32(3)4/h5-20H,1-4H3. The van der Waals surface area contributed by atoms with E-state index in [0.717, 1.165) is 22.5 Å². The number of rotatable bonds is 7. The molecule has 0 radical (unpaired) electrons. The molecule has 0 spiro atoms. The number of anilines is 2. The van der Waals surface area contributed by atoms with Crippen LogP contribution in [0.4, 0.5) is 11.4 Å². The molecule has 0 unspecified atom stereocenters. The third-order valence-corrected chi connectivity index (χ3v) is 5.87. The third kappa shape index (κ3) is 4.91. The van der Waals surface area contributed by atoms with Gasteiger partial charge in [0.2, 0.25) is 0 Å². The van der Waals surface area contributed by atoms with E-state index in [1.54, 1.807) is 0 Å². The van der Waals surface area contributed by atoms with Crippen LogP contribution in [-0.2, 0) is 0 Å². The Balaban J connectivity index is 1.59. The highest BCUT2D eigenvalue weighted by atomic mass is 16.1. The molecule has 170 valence electrons. The summed E-state index contributed by atoms with van der Waals surface area (Å²) in [7, 11) is 7.88. The van der Waals surface area contributed by atoms with Gasteiger partial charge < -0.3 is 9.80 Å². The minimum atomic E-state index is -0.0274. The lowest BCUT2D eigenvalue weighted by atomic mass is 9.95. The van der Waals surface area contributed by atoms with Crippen LogP contribution in [0.15, 0.2) is 97.1 Å². The smallest absolute Gasteiger partial charge is 0.193 e. The van der Waals surface area contributed by atoms with E-state index >= 15 is 0 Å². The maximum Gasteiger partial charge on any atom is 0.193 e. The molecule has 0 heterocycles. The van der Waals surface area contributed by atoms with Crippen molar-refractivity contribution in [2.45, 2.75) is 0 Å². The molecule has 0 aliphatic carbocycles. The second-order valence-electron chi connectivity index (χ2n) is 8.70. The molecule has 0 aliphatic heterocycles. The van der Waals surface area contributed by atoms with Gasteiger partial charge in [-0.2, -0.15) is 0 Å². The quantitative estimate of drug-likeness (QED) is 0.328. The van der Waals surface area contributed by atoms with E-state index in [9.17, 15) is 9.59 Å². The molecular weight excluding hydrogens is 420 g/mol. The third-order valence-electron chi connectivity index (χ3n) is 5.87. The van der Waals surface area contributed by atoms with Gasteiger partial charge in [0.1, 0.15) is 0 Å². The highest BCUT2D eigenvalue weighted by Crippen LogP contribution is 2.25. The average molecular weight is 449 g/mol. The summed E-state index contributed by atoms with van der Waals surface area (Å²) >= 11 is 0. The number of hydrogen-bond acceptors (Lipinski definition) is 4. The molecular formula is C30H28N2O2. The lowest BCUT2D eigenvalue weighted by Gasteiger charge is -2.13. The molecule has 4 heteroatoms. The molecule has 4 aromatic rings. The normalized spacial score (nSPS) is 10.6. The molecule has 0 aromatic heterocycles. The van der Waals surface area contributed by atoms with Gasteiger partial charge in [0.15, 0.2) is 11.6 Å². The van der Waals surface area contributed by atoms with Crippen LogP contribution >= 0.6 is 0 Å². The molecule has 4 rings (SSSR count). The SMILES string of the molecule is CN(C)c1ccc(C(=O)c2cccc(-c3cccc(C(=O)c4ccc(N(C)C)cc4)c3)c2)cc1. The van der Waals surface area contributed by atoms with Gasteiger partial charge in [-0.05, 0) is 71.8 Å². The fourth-order valence-electron chi connectivity index (χ4n) is 3.84. The summed E-state index contributed by atoms with van der Waals surface area (Å²) in [5.41, 5.74) is 6.41. The molecule has 0 atom stereocenters. The van der Waals surface area contributed by atoms with Crippen molar-refractivity contribution in [2.75, 3.05) is 38.0 Å². The highest BCUT2D eigenvalue weighted by molar-refractivity contribution is 6.11. The number of carbonyl (C=O) groups excluding carboxylic acids is 2. The van der Waals surface area contributed by atoms with Crippen molar-refractivity contribution >= 4 is 22.9 Å². The number of ketones is 2. The molecule has 34 heavy (non-hydrogen) atoms. The summed E-state index contributed by atoms with van der Waals surface area (Å²) in [5, 5.41) is 0. The van der Waals surface area contributed by atoms with Gasteiger partial charge in [-0.3, -0.25) is 9.59 Å². The van der Waals surface area contributed by atoms with Crippen molar-refractivity contribution < 1.29 is 9.59 Å². The maximum absolute atomic E-state index is 13.1. The molecule has 0 N–H and O–H groups in total. The molecule has 4 nitrogen and oxygen atoms in total. The first kappa shape index (κ1) is 23.0. The van der Waals surface area contributed by atoms with E-state index in [2.05, 4.69) is 0 Å². The van der Waals surface area contributed by atoms with Crippen molar-refractivity contribution in [1.29, 1.82) is 0 Å². The van der Waals surface area contributed by atoms with E-state index < -0.39 is 0 Å². The van der Waals surface area contributed by atoms with E-state index in [4.69, 9.17) is 0 Å². The summed E-state index contributed by atoms with van der Waals surface area (Å²) < 4.78 is 0. The van der Waals surface area contributed by atoms with Crippen molar-refractivity contribution in [1.82, 2.24) is 0 Å². The molecule has 0 bridgehead atoms. The molecule has 0 saturated carbocycles. The zero-order chi connectivity index (χ0) is 24.2. The number of benzene rings is 4. The summed E-state index contributed by atoms with van der Waals surface area (Å²) in [5.74, 6) is -0.0549. The van der Waals surface area contributed by atoms with Crippen LogP contribution in [0.2, 0.25) is 0 Å². The van der Waals surface area contributed by atoms with Crippen LogP contribution in [0.3, 0.4) is 0 Å². The summed E-state index contributed by atoms with van der Waals surface area (Å²) in [4.78, 5) is 30.2. The summed E-state index contributed by atoms with van der Waals surface area (Å²) in [6.07, 6.45) is 0. The minimum absolute atomic E-state index is 0.0274. The van der Waals surface area contributed by atoms with Gasteiger partial charge in [0, 0.05) is 61.8 Å². The second kappa shape index (κ2) is 9.75. The van der Waals surface area contributed by atoms with Gasteiger partial charge in [0.05, 0.1) is 0 Å². The van der Waals surface area contributed by atoms with Crippen LogP contribution in [0.5, 0.6) is 0 Å². The van der Waals surface area contributed by atoms with Crippen molar-refractivity contribution in [3.63, 3.8) is 0 Å². The maximum atomic E-state index is 13.1. The first-order valence-corrected chi connectivity index (χ1v) is 11.2. The summed E-state index contributed by atoms with van der Waals surface area (Å²) in [6, 6.07) is 30.3. The van der Waals surface area contributed by atoms with Crippen LogP contribution in [-0.4, -0.2) is 39.8 Å². The fourth-order valence-corrected chi connectivity index (χ4v) is 3.84.